The summed E-state index contributed by atoms with van der Waals surface area (Å²) < 4.78 is 1.12. The van der Waals surface area contributed by atoms with E-state index in [0.29, 0.717) is 5.69 Å². The number of H-pyrrole nitrogens is 1. The average molecular weight is 249 g/mol. The summed E-state index contributed by atoms with van der Waals surface area (Å²) in [5.41, 5.74) is -1.05. The largest absolute Gasteiger partial charge is 0.477 e. The van der Waals surface area contributed by atoms with E-state index >= 15 is 0 Å². The molecule has 0 amide bonds. The summed E-state index contributed by atoms with van der Waals surface area (Å²) in [6.07, 6.45) is 1.07. The number of aromatic carboxylic acids is 1. The number of nitro benzene ring substituents is 1. The third-order valence-electron chi connectivity index (χ3n) is 2.27. The molecule has 8 heteroatoms. The summed E-state index contributed by atoms with van der Waals surface area (Å²) in [5, 5.41) is 21.6. The van der Waals surface area contributed by atoms with Crippen LogP contribution in [0.25, 0.3) is 5.69 Å². The molecule has 2 aromatic rings. The first-order chi connectivity index (χ1) is 8.49. The predicted octanol–water partition coefficient (Wildman–Crippen LogP) is 0.772. The molecule has 0 spiro atoms. The number of nitrogens with one attached hydrogen (secondary N) is 1. The zero-order valence-electron chi connectivity index (χ0n) is 8.86. The molecule has 1 heterocycles. The van der Waals surface area contributed by atoms with E-state index in [-0.39, 0.29) is 5.69 Å². The van der Waals surface area contributed by atoms with Crippen LogP contribution >= 0.6 is 0 Å². The summed E-state index contributed by atoms with van der Waals surface area (Å²) >= 11 is 0. The number of non-ortho nitro benzene ring substituents is 1. The summed E-state index contributed by atoms with van der Waals surface area (Å²) in [5.74, 6) is -1.36. The highest BCUT2D eigenvalue weighted by Gasteiger charge is 2.13. The third-order valence-corrected chi connectivity index (χ3v) is 2.27. The van der Waals surface area contributed by atoms with Crippen LogP contribution in [0.5, 0.6) is 0 Å². The van der Waals surface area contributed by atoms with Crippen molar-refractivity contribution in [2.75, 3.05) is 0 Å². The zero-order valence-corrected chi connectivity index (χ0v) is 8.86. The molecule has 0 saturated heterocycles. The second kappa shape index (κ2) is 4.17. The Morgan fingerprint density at radius 3 is 2.72 bits per heavy atom. The topological polar surface area (TPSA) is 118 Å². The number of carboxylic acids is 1. The first kappa shape index (κ1) is 11.6. The van der Waals surface area contributed by atoms with E-state index < -0.39 is 22.0 Å². The molecule has 0 unspecified atom stereocenters. The van der Waals surface area contributed by atoms with Crippen LogP contribution in [0, 0.1) is 10.1 Å². The van der Waals surface area contributed by atoms with E-state index in [1.807, 2.05) is 0 Å². The third kappa shape index (κ3) is 1.98. The normalized spacial score (nSPS) is 10.2. The van der Waals surface area contributed by atoms with Gasteiger partial charge in [-0.25, -0.2) is 4.79 Å². The Morgan fingerprint density at radius 1 is 1.44 bits per heavy atom. The van der Waals surface area contributed by atoms with Gasteiger partial charge in [-0.1, -0.05) is 6.07 Å². The SMILES string of the molecule is O=C(O)c1cn(-c2cccc([N+](=O)[O-])c2)[nH]c1=O. The average Bonchev–Trinajstić information content (AvgIpc) is 2.71. The fourth-order valence-corrected chi connectivity index (χ4v) is 1.44. The zero-order chi connectivity index (χ0) is 13.3. The van der Waals surface area contributed by atoms with Crippen LogP contribution in [0.15, 0.2) is 35.3 Å². The van der Waals surface area contributed by atoms with Crippen molar-refractivity contribution in [1.29, 1.82) is 0 Å². The van der Waals surface area contributed by atoms with Crippen LogP contribution in [-0.4, -0.2) is 25.8 Å². The monoisotopic (exact) mass is 249 g/mol. The Bertz CT molecular complexity index is 685. The number of benzene rings is 1. The molecule has 92 valence electrons. The van der Waals surface area contributed by atoms with Gasteiger partial charge in [0.05, 0.1) is 10.6 Å². The van der Waals surface area contributed by atoms with Gasteiger partial charge in [-0.3, -0.25) is 24.7 Å². The number of nitrogens with zero attached hydrogens (tertiary/aromatic N) is 2. The van der Waals surface area contributed by atoms with Gasteiger partial charge in [0, 0.05) is 18.3 Å². The molecule has 2 N–H and O–H groups in total. The van der Waals surface area contributed by atoms with Crippen LogP contribution < -0.4 is 5.56 Å². The lowest BCUT2D eigenvalue weighted by molar-refractivity contribution is -0.384. The highest BCUT2D eigenvalue weighted by Crippen LogP contribution is 2.15. The number of hydrogen-bond donors (Lipinski definition) is 2. The molecular formula is C10H7N3O5. The van der Waals surface area contributed by atoms with Crippen molar-refractivity contribution in [2.45, 2.75) is 0 Å². The minimum Gasteiger partial charge on any atom is -0.477 e. The minimum absolute atomic E-state index is 0.154. The molecule has 0 aliphatic heterocycles. The molecule has 0 aliphatic rings. The van der Waals surface area contributed by atoms with Crippen LogP contribution in [-0.2, 0) is 0 Å². The molecule has 0 aliphatic carbocycles. The van der Waals surface area contributed by atoms with Gasteiger partial charge in [-0.05, 0) is 6.07 Å². The number of carbonyl (C=O) groups is 1. The number of nitro groups is 1. The van der Waals surface area contributed by atoms with Crippen molar-refractivity contribution in [3.63, 3.8) is 0 Å². The fourth-order valence-electron chi connectivity index (χ4n) is 1.44. The van der Waals surface area contributed by atoms with Crippen LogP contribution in [0.1, 0.15) is 10.4 Å². The first-order valence-corrected chi connectivity index (χ1v) is 4.79. The lowest BCUT2D eigenvalue weighted by Crippen LogP contribution is -2.11. The summed E-state index contributed by atoms with van der Waals surface area (Å²) in [6, 6.07) is 5.46. The van der Waals surface area contributed by atoms with E-state index in [9.17, 15) is 19.7 Å². The van der Waals surface area contributed by atoms with Gasteiger partial charge in [0.15, 0.2) is 0 Å². The van der Waals surface area contributed by atoms with Crippen molar-refractivity contribution in [3.05, 3.63) is 56.5 Å². The van der Waals surface area contributed by atoms with Gasteiger partial charge in [0.25, 0.3) is 11.2 Å². The Morgan fingerprint density at radius 2 is 2.17 bits per heavy atom. The maximum absolute atomic E-state index is 11.3. The number of aromatic nitrogens is 2. The molecule has 1 aromatic heterocycles. The van der Waals surface area contributed by atoms with E-state index in [1.54, 1.807) is 0 Å². The maximum atomic E-state index is 11.3. The number of aromatic amines is 1. The highest BCUT2D eigenvalue weighted by atomic mass is 16.6. The molecule has 0 bridgehead atoms. The van der Waals surface area contributed by atoms with E-state index in [1.165, 1.54) is 24.3 Å². The molecule has 0 fully saturated rings. The molecule has 0 atom stereocenters. The first-order valence-electron chi connectivity index (χ1n) is 4.79. The second-order valence-corrected chi connectivity index (χ2v) is 3.44. The highest BCUT2D eigenvalue weighted by molar-refractivity contribution is 5.86. The summed E-state index contributed by atoms with van der Waals surface area (Å²) in [4.78, 5) is 32.0. The Hall–Kier alpha value is -2.90. The standard InChI is InChI=1S/C10H7N3O5/c14-9-8(10(15)16)5-12(11-9)6-2-1-3-7(4-6)13(17)18/h1-5H,(H,11,14)(H,15,16). The number of carboxylic acid groups (broad SMARTS) is 1. The van der Waals surface area contributed by atoms with Gasteiger partial charge in [0.2, 0.25) is 0 Å². The van der Waals surface area contributed by atoms with Gasteiger partial charge >= 0.3 is 5.97 Å². The molecule has 0 radical (unpaired) electrons. The second-order valence-electron chi connectivity index (χ2n) is 3.44. The molecule has 18 heavy (non-hydrogen) atoms. The van der Waals surface area contributed by atoms with Crippen LogP contribution in [0.2, 0.25) is 0 Å². The van der Waals surface area contributed by atoms with Crippen molar-refractivity contribution in [1.82, 2.24) is 9.78 Å². The molecule has 1 aromatic carbocycles. The summed E-state index contributed by atoms with van der Waals surface area (Å²) in [7, 11) is 0. The van der Waals surface area contributed by atoms with Gasteiger partial charge in [0.1, 0.15) is 5.56 Å². The number of rotatable bonds is 3. The van der Waals surface area contributed by atoms with E-state index in [2.05, 4.69) is 5.10 Å². The lowest BCUT2D eigenvalue weighted by atomic mass is 10.3. The van der Waals surface area contributed by atoms with E-state index in [0.717, 1.165) is 10.9 Å². The maximum Gasteiger partial charge on any atom is 0.342 e. The van der Waals surface area contributed by atoms with Crippen LogP contribution in [0.3, 0.4) is 0 Å². The Labute approximate surface area is 99.2 Å². The molecule has 2 rings (SSSR count). The smallest absolute Gasteiger partial charge is 0.342 e. The van der Waals surface area contributed by atoms with Crippen molar-refractivity contribution >= 4 is 11.7 Å². The van der Waals surface area contributed by atoms with Gasteiger partial charge < -0.3 is 5.11 Å². The predicted molar refractivity (Wildman–Crippen MR) is 60.0 cm³/mol. The minimum atomic E-state index is -1.36. The van der Waals surface area contributed by atoms with Crippen molar-refractivity contribution < 1.29 is 14.8 Å². The van der Waals surface area contributed by atoms with Crippen LogP contribution in [0.4, 0.5) is 5.69 Å². The molecular weight excluding hydrogens is 242 g/mol. The van der Waals surface area contributed by atoms with E-state index in [4.69, 9.17) is 5.11 Å². The van der Waals surface area contributed by atoms with Gasteiger partial charge in [-0.15, -0.1) is 0 Å². The van der Waals surface area contributed by atoms with Gasteiger partial charge in [-0.2, -0.15) is 0 Å². The summed E-state index contributed by atoms with van der Waals surface area (Å²) in [6.45, 7) is 0. The Balaban J connectivity index is 2.52. The Kier molecular flexibility index (Phi) is 2.68. The molecule has 8 nitrogen and oxygen atoms in total. The lowest BCUT2D eigenvalue weighted by Gasteiger charge is -2.00. The molecule has 0 saturated carbocycles. The van der Waals surface area contributed by atoms with Crippen molar-refractivity contribution in [3.8, 4) is 5.69 Å². The quantitative estimate of drug-likeness (QED) is 0.615. The number of hydrogen-bond acceptors (Lipinski definition) is 4. The van der Waals surface area contributed by atoms with Crippen molar-refractivity contribution in [2.24, 2.45) is 0 Å². The fraction of sp³-hybridized carbons (Fsp3) is 0.